The van der Waals surface area contributed by atoms with E-state index in [0.29, 0.717) is 13.1 Å². The second kappa shape index (κ2) is 6.83. The van der Waals surface area contributed by atoms with Crippen molar-refractivity contribution < 1.29 is 13.2 Å². The molecule has 1 aliphatic heterocycles. The number of benzene rings is 1. The summed E-state index contributed by atoms with van der Waals surface area (Å²) in [7, 11) is -3.49. The Hall–Kier alpha value is -1.44. The van der Waals surface area contributed by atoms with Crippen molar-refractivity contribution in [1.29, 1.82) is 0 Å². The van der Waals surface area contributed by atoms with Crippen LogP contribution in [0.25, 0.3) is 0 Å². The second-order valence-corrected chi connectivity index (χ2v) is 6.46. The lowest BCUT2D eigenvalue weighted by molar-refractivity contribution is -0.124. The Kier molecular flexibility index (Phi) is 5.11. The number of amides is 1. The Labute approximate surface area is 119 Å². The Bertz CT molecular complexity index is 539. The highest BCUT2D eigenvalue weighted by Crippen LogP contribution is 2.07. The normalized spacial score (nSPS) is 18.9. The molecule has 6 nitrogen and oxygen atoms in total. The van der Waals surface area contributed by atoms with E-state index < -0.39 is 10.0 Å². The molecule has 7 heteroatoms. The molecule has 1 unspecified atom stereocenters. The lowest BCUT2D eigenvalue weighted by Crippen LogP contribution is -2.38. The zero-order valence-electron chi connectivity index (χ0n) is 11.1. The zero-order chi connectivity index (χ0) is 14.4. The highest BCUT2D eigenvalue weighted by molar-refractivity contribution is 7.89. The van der Waals surface area contributed by atoms with Gasteiger partial charge in [0, 0.05) is 19.6 Å². The molecule has 0 saturated carbocycles. The number of rotatable bonds is 6. The predicted octanol–water partition coefficient (Wildman–Crippen LogP) is -0.309. The summed E-state index contributed by atoms with van der Waals surface area (Å²) in [6, 6.07) is 8.16. The van der Waals surface area contributed by atoms with Gasteiger partial charge in [-0.05, 0) is 25.1 Å². The number of nitrogens with one attached hydrogen (secondary N) is 3. The summed E-state index contributed by atoms with van der Waals surface area (Å²) in [5.74, 6) is -0.0189. The molecule has 0 bridgehead atoms. The van der Waals surface area contributed by atoms with Gasteiger partial charge >= 0.3 is 0 Å². The Balaban J connectivity index is 1.74. The van der Waals surface area contributed by atoms with Crippen LogP contribution < -0.4 is 15.4 Å². The van der Waals surface area contributed by atoms with Crippen molar-refractivity contribution >= 4 is 15.9 Å². The summed E-state index contributed by atoms with van der Waals surface area (Å²) < 4.78 is 26.3. The summed E-state index contributed by atoms with van der Waals surface area (Å²) in [4.78, 5) is 11.9. The Morgan fingerprint density at radius 2 is 2.00 bits per heavy atom. The molecule has 0 radical (unpaired) electrons. The minimum absolute atomic E-state index is 0.000676. The van der Waals surface area contributed by atoms with E-state index in [9.17, 15) is 13.2 Å². The van der Waals surface area contributed by atoms with Gasteiger partial charge in [-0.25, -0.2) is 13.1 Å². The fraction of sp³-hybridized carbons (Fsp3) is 0.462. The highest BCUT2D eigenvalue weighted by atomic mass is 32.2. The first-order valence-corrected chi connectivity index (χ1v) is 8.11. The summed E-state index contributed by atoms with van der Waals surface area (Å²) in [6.45, 7) is 2.03. The first-order chi connectivity index (χ1) is 9.59. The smallest absolute Gasteiger partial charge is 0.240 e. The molecule has 0 spiro atoms. The van der Waals surface area contributed by atoms with Gasteiger partial charge < -0.3 is 10.6 Å². The number of carbonyl (C=O) groups excluding carboxylic acids is 1. The van der Waals surface area contributed by atoms with E-state index >= 15 is 0 Å². The average molecular weight is 297 g/mol. The van der Waals surface area contributed by atoms with Crippen LogP contribution >= 0.6 is 0 Å². The van der Waals surface area contributed by atoms with Crippen LogP contribution in [0.3, 0.4) is 0 Å². The quantitative estimate of drug-likeness (QED) is 0.629. The number of sulfonamides is 1. The molecule has 1 atom stereocenters. The van der Waals surface area contributed by atoms with Crippen LogP contribution in [-0.4, -0.2) is 40.5 Å². The molecule has 1 heterocycles. The van der Waals surface area contributed by atoms with Gasteiger partial charge in [0.05, 0.1) is 10.8 Å². The van der Waals surface area contributed by atoms with Crippen molar-refractivity contribution in [1.82, 2.24) is 15.4 Å². The molecule has 1 aromatic carbocycles. The van der Waals surface area contributed by atoms with Gasteiger partial charge in [0.2, 0.25) is 15.9 Å². The van der Waals surface area contributed by atoms with E-state index in [-0.39, 0.29) is 23.3 Å². The maximum Gasteiger partial charge on any atom is 0.240 e. The molecule has 110 valence electrons. The zero-order valence-corrected chi connectivity index (χ0v) is 11.9. The van der Waals surface area contributed by atoms with E-state index in [4.69, 9.17) is 0 Å². The van der Waals surface area contributed by atoms with E-state index in [1.54, 1.807) is 18.2 Å². The highest BCUT2D eigenvalue weighted by Gasteiger charge is 2.21. The third-order valence-electron chi connectivity index (χ3n) is 3.20. The van der Waals surface area contributed by atoms with Crippen LogP contribution in [0.5, 0.6) is 0 Å². The number of carbonyl (C=O) groups is 1. The van der Waals surface area contributed by atoms with Crippen molar-refractivity contribution in [2.24, 2.45) is 5.92 Å². The Morgan fingerprint density at radius 3 is 2.65 bits per heavy atom. The maximum absolute atomic E-state index is 11.9. The SMILES string of the molecule is O=C(NCCNS(=O)(=O)c1ccccc1)C1CCNC1. The number of hydrogen-bond acceptors (Lipinski definition) is 4. The number of hydrogen-bond donors (Lipinski definition) is 3. The van der Waals surface area contributed by atoms with Crippen LogP contribution in [0, 0.1) is 5.92 Å². The van der Waals surface area contributed by atoms with Crippen LogP contribution in [0.2, 0.25) is 0 Å². The monoisotopic (exact) mass is 297 g/mol. The van der Waals surface area contributed by atoms with Crippen LogP contribution in [-0.2, 0) is 14.8 Å². The molecule has 1 amide bonds. The average Bonchev–Trinajstić information content (AvgIpc) is 2.98. The lowest BCUT2D eigenvalue weighted by Gasteiger charge is -2.10. The fourth-order valence-electron chi connectivity index (χ4n) is 2.08. The van der Waals surface area contributed by atoms with Gasteiger partial charge in [0.15, 0.2) is 0 Å². The van der Waals surface area contributed by atoms with E-state index in [1.807, 2.05) is 0 Å². The summed E-state index contributed by atoms with van der Waals surface area (Å²) in [5.41, 5.74) is 0. The largest absolute Gasteiger partial charge is 0.355 e. The first-order valence-electron chi connectivity index (χ1n) is 6.63. The molecule has 3 N–H and O–H groups in total. The van der Waals surface area contributed by atoms with Gasteiger partial charge in [-0.1, -0.05) is 18.2 Å². The topological polar surface area (TPSA) is 87.3 Å². The molecule has 1 aliphatic rings. The first kappa shape index (κ1) is 15.0. The molecule has 1 fully saturated rings. The molecule has 20 heavy (non-hydrogen) atoms. The van der Waals surface area contributed by atoms with Crippen molar-refractivity contribution in [3.63, 3.8) is 0 Å². The van der Waals surface area contributed by atoms with Gasteiger partial charge in [-0.2, -0.15) is 0 Å². The van der Waals surface area contributed by atoms with Crippen molar-refractivity contribution in [2.75, 3.05) is 26.2 Å². The third kappa shape index (κ3) is 4.03. The van der Waals surface area contributed by atoms with Crippen molar-refractivity contribution in [3.05, 3.63) is 30.3 Å². The molecular weight excluding hydrogens is 278 g/mol. The van der Waals surface area contributed by atoms with E-state index in [1.165, 1.54) is 12.1 Å². The third-order valence-corrected chi connectivity index (χ3v) is 4.68. The standard InChI is InChI=1S/C13H19N3O3S/c17-13(11-6-7-14-10-11)15-8-9-16-20(18,19)12-4-2-1-3-5-12/h1-5,11,14,16H,6-10H2,(H,15,17). The van der Waals surface area contributed by atoms with Gasteiger partial charge in [-0.3, -0.25) is 4.79 Å². The van der Waals surface area contributed by atoms with Gasteiger partial charge in [-0.15, -0.1) is 0 Å². The lowest BCUT2D eigenvalue weighted by atomic mass is 10.1. The molecule has 0 aliphatic carbocycles. The summed E-state index contributed by atoms with van der Waals surface area (Å²) in [5, 5.41) is 5.86. The van der Waals surface area contributed by atoms with Crippen LogP contribution in [0.15, 0.2) is 35.2 Å². The molecule has 1 saturated heterocycles. The summed E-state index contributed by atoms with van der Waals surface area (Å²) >= 11 is 0. The van der Waals surface area contributed by atoms with Crippen LogP contribution in [0.1, 0.15) is 6.42 Å². The molecule has 2 rings (SSSR count). The molecule has 0 aromatic heterocycles. The minimum atomic E-state index is -3.49. The maximum atomic E-state index is 11.9. The second-order valence-electron chi connectivity index (χ2n) is 4.69. The van der Waals surface area contributed by atoms with Gasteiger partial charge in [0.1, 0.15) is 0 Å². The molecule has 1 aromatic rings. The fourth-order valence-corrected chi connectivity index (χ4v) is 3.13. The molecular formula is C13H19N3O3S. The minimum Gasteiger partial charge on any atom is -0.355 e. The van der Waals surface area contributed by atoms with Gasteiger partial charge in [0.25, 0.3) is 0 Å². The van der Waals surface area contributed by atoms with E-state index in [2.05, 4.69) is 15.4 Å². The van der Waals surface area contributed by atoms with Crippen molar-refractivity contribution in [3.8, 4) is 0 Å². The summed E-state index contributed by atoms with van der Waals surface area (Å²) in [6.07, 6.45) is 0.835. The van der Waals surface area contributed by atoms with Crippen molar-refractivity contribution in [2.45, 2.75) is 11.3 Å². The van der Waals surface area contributed by atoms with Crippen LogP contribution in [0.4, 0.5) is 0 Å². The predicted molar refractivity (Wildman–Crippen MR) is 75.6 cm³/mol. The Morgan fingerprint density at radius 1 is 1.25 bits per heavy atom. The van der Waals surface area contributed by atoms with E-state index in [0.717, 1.165) is 13.0 Å².